The van der Waals surface area contributed by atoms with Gasteiger partial charge in [-0.25, -0.2) is 4.98 Å². The van der Waals surface area contributed by atoms with E-state index < -0.39 is 9.75 Å². The van der Waals surface area contributed by atoms with Crippen LogP contribution in [-0.4, -0.2) is 25.0 Å². The van der Waals surface area contributed by atoms with E-state index in [4.69, 9.17) is 28.9 Å². The average Bonchev–Trinajstić information content (AvgIpc) is 2.48. The molecule has 1 aromatic rings. The molecule has 1 saturated carbocycles. The van der Waals surface area contributed by atoms with Crippen molar-refractivity contribution in [1.29, 1.82) is 0 Å². The Bertz CT molecular complexity index is 402. The van der Waals surface area contributed by atoms with E-state index in [1.54, 1.807) is 6.92 Å². The summed E-state index contributed by atoms with van der Waals surface area (Å²) in [7, 11) is 0. The number of nitrogens with two attached hydrogens (primary N) is 1. The molecule has 0 bridgehead atoms. The number of hydrogen-bond donors (Lipinski definition) is 1. The fraction of sp³-hybridized carbons (Fsp3) is 0.571. The summed E-state index contributed by atoms with van der Waals surface area (Å²) < 4.78 is 0.0760. The highest BCUT2D eigenvalue weighted by Gasteiger charge is 2.68. The molecule has 0 spiro atoms. The molecule has 2 N–H and O–H groups in total. The number of carbonyl (C=O) groups excluding carboxylic acids is 1. The van der Waals surface area contributed by atoms with Crippen LogP contribution in [0.5, 0.6) is 0 Å². The Morgan fingerprint density at radius 3 is 2.64 bits per heavy atom. The van der Waals surface area contributed by atoms with Gasteiger partial charge in [-0.15, -0.1) is 28.3 Å². The Morgan fingerprint density at radius 2 is 2.29 bits per heavy atom. The summed E-state index contributed by atoms with van der Waals surface area (Å²) in [5, 5.41) is 3.70. The number of aromatic nitrogens is 3. The fourth-order valence-corrected chi connectivity index (χ4v) is 1.95. The van der Waals surface area contributed by atoms with Crippen molar-refractivity contribution in [1.82, 2.24) is 14.8 Å². The van der Waals surface area contributed by atoms with Crippen LogP contribution in [0.3, 0.4) is 0 Å². The van der Waals surface area contributed by atoms with Crippen molar-refractivity contribution >= 4 is 35.1 Å². The van der Waals surface area contributed by atoms with Crippen LogP contribution in [0.1, 0.15) is 18.1 Å². The van der Waals surface area contributed by atoms with Crippen LogP contribution in [0, 0.1) is 5.41 Å². The standard InChI is InChI=1S/C7H8Cl2N4O/c1-6(2-7(6,8)9)4(14)13-3-11-5(10)12-13/h3H,2H2,1H3,(H2,10,12). The first-order valence-corrected chi connectivity index (χ1v) is 4.72. The van der Waals surface area contributed by atoms with E-state index in [9.17, 15) is 4.79 Å². The van der Waals surface area contributed by atoms with Crippen molar-refractivity contribution in [3.63, 3.8) is 0 Å². The maximum Gasteiger partial charge on any atom is 0.257 e. The molecule has 76 valence electrons. The lowest BCUT2D eigenvalue weighted by atomic mass is 10.1. The van der Waals surface area contributed by atoms with E-state index in [1.165, 1.54) is 6.33 Å². The van der Waals surface area contributed by atoms with Gasteiger partial charge in [0.1, 0.15) is 10.7 Å². The van der Waals surface area contributed by atoms with Crippen LogP contribution in [0.25, 0.3) is 0 Å². The molecule has 0 aromatic carbocycles. The largest absolute Gasteiger partial charge is 0.366 e. The molecule has 1 aliphatic rings. The summed E-state index contributed by atoms with van der Waals surface area (Å²) in [5.74, 6) is -0.232. The second-order valence-corrected chi connectivity index (χ2v) is 5.05. The maximum absolute atomic E-state index is 11.8. The molecule has 1 aromatic heterocycles. The van der Waals surface area contributed by atoms with Gasteiger partial charge < -0.3 is 5.73 Å². The van der Waals surface area contributed by atoms with Gasteiger partial charge in [0.2, 0.25) is 5.95 Å². The Balaban J connectivity index is 2.27. The van der Waals surface area contributed by atoms with Gasteiger partial charge in [0, 0.05) is 0 Å². The van der Waals surface area contributed by atoms with Crippen LogP contribution < -0.4 is 5.73 Å². The van der Waals surface area contributed by atoms with Gasteiger partial charge in [-0.3, -0.25) is 4.79 Å². The summed E-state index contributed by atoms with van der Waals surface area (Å²) in [6.07, 6.45) is 1.67. The molecule has 7 heteroatoms. The van der Waals surface area contributed by atoms with Crippen molar-refractivity contribution in [3.8, 4) is 0 Å². The molecule has 1 unspecified atom stereocenters. The van der Waals surface area contributed by atoms with E-state index in [1.807, 2.05) is 0 Å². The highest BCUT2D eigenvalue weighted by Crippen LogP contribution is 2.64. The minimum atomic E-state index is -0.995. The van der Waals surface area contributed by atoms with E-state index in [2.05, 4.69) is 10.1 Å². The molecule has 0 radical (unpaired) electrons. The summed E-state index contributed by atoms with van der Waals surface area (Å²) in [4.78, 5) is 15.4. The normalized spacial score (nSPS) is 28.8. The highest BCUT2D eigenvalue weighted by molar-refractivity contribution is 6.53. The molecule has 14 heavy (non-hydrogen) atoms. The molecule has 2 rings (SSSR count). The number of halogens is 2. The van der Waals surface area contributed by atoms with E-state index in [0.717, 1.165) is 4.68 Å². The number of hydrogen-bond acceptors (Lipinski definition) is 4. The SMILES string of the molecule is CC1(C(=O)n2cnc(N)n2)CC1(Cl)Cl. The third kappa shape index (κ3) is 1.19. The lowest BCUT2D eigenvalue weighted by Gasteiger charge is -2.08. The Morgan fingerprint density at radius 1 is 1.71 bits per heavy atom. The smallest absolute Gasteiger partial charge is 0.257 e. The van der Waals surface area contributed by atoms with Gasteiger partial charge in [0.15, 0.2) is 0 Å². The predicted octanol–water partition coefficient (Wildman–Crippen LogP) is 1.08. The van der Waals surface area contributed by atoms with Gasteiger partial charge in [-0.1, -0.05) is 0 Å². The second kappa shape index (κ2) is 2.61. The molecular weight excluding hydrogens is 227 g/mol. The minimum Gasteiger partial charge on any atom is -0.366 e. The van der Waals surface area contributed by atoms with Crippen LogP contribution in [0.2, 0.25) is 0 Å². The van der Waals surface area contributed by atoms with Crippen molar-refractivity contribution in [2.75, 3.05) is 5.73 Å². The lowest BCUT2D eigenvalue weighted by molar-refractivity contribution is 0.0806. The molecule has 5 nitrogen and oxygen atoms in total. The maximum atomic E-state index is 11.8. The number of nitrogen functional groups attached to an aromatic ring is 1. The molecule has 0 saturated heterocycles. The molecule has 1 fully saturated rings. The average molecular weight is 235 g/mol. The summed E-state index contributed by atoms with van der Waals surface area (Å²) >= 11 is 11.7. The molecule has 0 aliphatic heterocycles. The van der Waals surface area contributed by atoms with Crippen LogP contribution >= 0.6 is 23.2 Å². The zero-order chi connectivity index (χ0) is 10.6. The number of nitrogens with zero attached hydrogens (tertiary/aromatic N) is 3. The first-order valence-electron chi connectivity index (χ1n) is 3.97. The number of alkyl halides is 2. The topological polar surface area (TPSA) is 73.8 Å². The lowest BCUT2D eigenvalue weighted by Crippen LogP contribution is -2.25. The Labute approximate surface area is 90.2 Å². The molecule has 0 amide bonds. The molecular formula is C7H8Cl2N4O. The van der Waals surface area contributed by atoms with Gasteiger partial charge in [0.25, 0.3) is 5.91 Å². The Kier molecular flexibility index (Phi) is 1.81. The quantitative estimate of drug-likeness (QED) is 0.739. The predicted molar refractivity (Wildman–Crippen MR) is 52.2 cm³/mol. The van der Waals surface area contributed by atoms with Crippen LogP contribution in [-0.2, 0) is 0 Å². The number of anilines is 1. The van der Waals surface area contributed by atoms with E-state index >= 15 is 0 Å². The first kappa shape index (κ1) is 9.73. The summed E-state index contributed by atoms with van der Waals surface area (Å²) in [6.45, 7) is 1.69. The zero-order valence-electron chi connectivity index (χ0n) is 7.37. The van der Waals surface area contributed by atoms with Gasteiger partial charge in [0.05, 0.1) is 5.41 Å². The van der Waals surface area contributed by atoms with Gasteiger partial charge in [-0.2, -0.15) is 4.68 Å². The summed E-state index contributed by atoms with van der Waals surface area (Å²) in [6, 6.07) is 0. The fourth-order valence-electron chi connectivity index (χ4n) is 1.26. The zero-order valence-corrected chi connectivity index (χ0v) is 8.88. The first-order chi connectivity index (χ1) is 6.37. The van der Waals surface area contributed by atoms with Gasteiger partial charge in [-0.05, 0) is 13.3 Å². The van der Waals surface area contributed by atoms with Crippen molar-refractivity contribution in [2.45, 2.75) is 17.7 Å². The third-order valence-electron chi connectivity index (χ3n) is 2.45. The molecule has 1 aliphatic carbocycles. The monoisotopic (exact) mass is 234 g/mol. The van der Waals surface area contributed by atoms with E-state index in [-0.39, 0.29) is 11.9 Å². The summed E-state index contributed by atoms with van der Waals surface area (Å²) in [5.41, 5.74) is 4.50. The minimum absolute atomic E-state index is 0.0531. The second-order valence-electron chi connectivity index (χ2n) is 3.57. The van der Waals surface area contributed by atoms with Gasteiger partial charge >= 0.3 is 0 Å². The van der Waals surface area contributed by atoms with Crippen molar-refractivity contribution in [3.05, 3.63) is 6.33 Å². The Hall–Kier alpha value is -0.810. The molecule has 1 atom stereocenters. The molecule has 1 heterocycles. The number of carbonyl (C=O) groups is 1. The number of rotatable bonds is 1. The third-order valence-corrected chi connectivity index (χ3v) is 3.55. The van der Waals surface area contributed by atoms with Crippen molar-refractivity contribution < 1.29 is 4.79 Å². The van der Waals surface area contributed by atoms with E-state index in [0.29, 0.717) is 6.42 Å². The highest BCUT2D eigenvalue weighted by atomic mass is 35.5. The van der Waals surface area contributed by atoms with Crippen LogP contribution in [0.15, 0.2) is 6.33 Å². The van der Waals surface area contributed by atoms with Crippen molar-refractivity contribution in [2.24, 2.45) is 5.41 Å². The van der Waals surface area contributed by atoms with Crippen LogP contribution in [0.4, 0.5) is 5.95 Å².